The molecule has 1 unspecified atom stereocenters. The van der Waals surface area contributed by atoms with Crippen LogP contribution >= 0.6 is 0 Å². The van der Waals surface area contributed by atoms with Crippen molar-refractivity contribution in [3.63, 3.8) is 0 Å². The van der Waals surface area contributed by atoms with Crippen LogP contribution in [-0.4, -0.2) is 10.2 Å². The topological polar surface area (TPSA) is 51.8 Å². The van der Waals surface area contributed by atoms with Gasteiger partial charge in [-0.1, -0.05) is 12.1 Å². The summed E-state index contributed by atoms with van der Waals surface area (Å²) in [5.41, 5.74) is 14.3. The summed E-state index contributed by atoms with van der Waals surface area (Å²) in [5.74, 6) is 0. The molecule has 100 valence electrons. The maximum atomic E-state index is 6.44. The Morgan fingerprint density at radius 2 is 1.42 bits per heavy atom. The van der Waals surface area contributed by atoms with Gasteiger partial charge in [0.15, 0.2) is 0 Å². The molecular formula is C16H21N3. The van der Waals surface area contributed by atoms with Crippen molar-refractivity contribution >= 4 is 0 Å². The van der Waals surface area contributed by atoms with Crippen molar-refractivity contribution in [3.8, 4) is 0 Å². The fourth-order valence-corrected chi connectivity index (χ4v) is 2.37. The Morgan fingerprint density at radius 1 is 0.789 bits per heavy atom. The molecule has 0 aliphatic rings. The minimum Gasteiger partial charge on any atom is -0.320 e. The van der Waals surface area contributed by atoms with Crippen LogP contribution in [0, 0.1) is 34.6 Å². The number of nitrogens with two attached hydrogens (primary N) is 1. The molecule has 3 heteroatoms. The first-order valence-corrected chi connectivity index (χ1v) is 6.54. The Hall–Kier alpha value is -1.74. The van der Waals surface area contributed by atoms with Gasteiger partial charge in [-0.25, -0.2) is 0 Å². The lowest BCUT2D eigenvalue weighted by Crippen LogP contribution is -2.16. The SMILES string of the molecule is Cc1cc(C(N)c2cc(C)c(C)cc2C)c(C)nn1. The molecule has 1 heterocycles. The summed E-state index contributed by atoms with van der Waals surface area (Å²) in [5, 5.41) is 8.23. The average Bonchev–Trinajstić information content (AvgIpc) is 2.36. The lowest BCUT2D eigenvalue weighted by molar-refractivity contribution is 0.806. The molecule has 1 atom stereocenters. The van der Waals surface area contributed by atoms with Crippen LogP contribution in [0.25, 0.3) is 0 Å². The van der Waals surface area contributed by atoms with Gasteiger partial charge in [0.2, 0.25) is 0 Å². The molecule has 0 fully saturated rings. The van der Waals surface area contributed by atoms with Gasteiger partial charge in [0.25, 0.3) is 0 Å². The maximum absolute atomic E-state index is 6.44. The first kappa shape index (κ1) is 13.7. The molecule has 0 aliphatic carbocycles. The Kier molecular flexibility index (Phi) is 3.67. The first-order valence-electron chi connectivity index (χ1n) is 6.54. The molecule has 19 heavy (non-hydrogen) atoms. The van der Waals surface area contributed by atoms with Crippen LogP contribution in [0.4, 0.5) is 0 Å². The number of hydrogen-bond acceptors (Lipinski definition) is 3. The van der Waals surface area contributed by atoms with Gasteiger partial charge in [-0.15, -0.1) is 0 Å². The summed E-state index contributed by atoms with van der Waals surface area (Å²) in [6.45, 7) is 10.3. The minimum absolute atomic E-state index is 0.145. The van der Waals surface area contributed by atoms with Crippen molar-refractivity contribution in [2.75, 3.05) is 0 Å². The zero-order chi connectivity index (χ0) is 14.2. The van der Waals surface area contributed by atoms with Crippen LogP contribution in [0.5, 0.6) is 0 Å². The summed E-state index contributed by atoms with van der Waals surface area (Å²) in [7, 11) is 0. The standard InChI is InChI=1S/C16H21N3/c1-9-6-11(3)14(7-10(9)2)16(17)15-8-12(4)18-19-13(15)5/h6-8,16H,17H2,1-5H3. The van der Waals surface area contributed by atoms with Gasteiger partial charge in [0, 0.05) is 0 Å². The fourth-order valence-electron chi connectivity index (χ4n) is 2.37. The second-order valence-corrected chi connectivity index (χ2v) is 5.30. The molecule has 3 nitrogen and oxygen atoms in total. The molecular weight excluding hydrogens is 234 g/mol. The van der Waals surface area contributed by atoms with Crippen molar-refractivity contribution in [2.45, 2.75) is 40.7 Å². The van der Waals surface area contributed by atoms with Gasteiger partial charge in [-0.3, -0.25) is 0 Å². The Labute approximate surface area is 114 Å². The number of rotatable bonds is 2. The molecule has 1 aromatic carbocycles. The normalized spacial score (nSPS) is 12.5. The van der Waals surface area contributed by atoms with Crippen molar-refractivity contribution in [2.24, 2.45) is 5.73 Å². The second-order valence-electron chi connectivity index (χ2n) is 5.30. The smallest absolute Gasteiger partial charge is 0.0651 e. The van der Waals surface area contributed by atoms with Gasteiger partial charge >= 0.3 is 0 Å². The molecule has 0 amide bonds. The van der Waals surface area contributed by atoms with Gasteiger partial charge < -0.3 is 5.73 Å². The van der Waals surface area contributed by atoms with E-state index in [-0.39, 0.29) is 6.04 Å². The van der Waals surface area contributed by atoms with E-state index in [0.717, 1.165) is 17.0 Å². The van der Waals surface area contributed by atoms with E-state index in [0.29, 0.717) is 0 Å². The number of nitrogens with zero attached hydrogens (tertiary/aromatic N) is 2. The highest BCUT2D eigenvalue weighted by molar-refractivity contribution is 5.43. The first-order chi connectivity index (χ1) is 8.90. The van der Waals surface area contributed by atoms with E-state index in [2.05, 4.69) is 43.1 Å². The molecule has 1 aromatic heterocycles. The van der Waals surface area contributed by atoms with E-state index in [4.69, 9.17) is 5.73 Å². The molecule has 2 rings (SSSR count). The highest BCUT2D eigenvalue weighted by Gasteiger charge is 2.16. The predicted molar refractivity (Wildman–Crippen MR) is 78.2 cm³/mol. The van der Waals surface area contributed by atoms with Gasteiger partial charge in [0.05, 0.1) is 17.4 Å². The van der Waals surface area contributed by atoms with Crippen LogP contribution in [0.1, 0.15) is 45.2 Å². The summed E-state index contributed by atoms with van der Waals surface area (Å²) < 4.78 is 0. The third-order valence-corrected chi connectivity index (χ3v) is 3.69. The second kappa shape index (κ2) is 5.10. The molecule has 0 saturated carbocycles. The van der Waals surface area contributed by atoms with E-state index in [1.54, 1.807) is 0 Å². The molecule has 0 saturated heterocycles. The van der Waals surface area contributed by atoms with Crippen molar-refractivity contribution in [1.29, 1.82) is 0 Å². The van der Waals surface area contributed by atoms with Crippen LogP contribution in [0.2, 0.25) is 0 Å². The van der Waals surface area contributed by atoms with Crippen LogP contribution < -0.4 is 5.73 Å². The maximum Gasteiger partial charge on any atom is 0.0651 e. The molecule has 0 spiro atoms. The zero-order valence-corrected chi connectivity index (χ0v) is 12.3. The minimum atomic E-state index is -0.145. The van der Waals surface area contributed by atoms with Crippen LogP contribution in [0.3, 0.4) is 0 Å². The Bertz CT molecular complexity index is 618. The third kappa shape index (κ3) is 2.66. The predicted octanol–water partition coefficient (Wildman–Crippen LogP) is 3.07. The molecule has 2 aromatic rings. The van der Waals surface area contributed by atoms with E-state index in [1.165, 1.54) is 22.3 Å². The molecule has 0 bridgehead atoms. The molecule has 0 aliphatic heterocycles. The van der Waals surface area contributed by atoms with E-state index < -0.39 is 0 Å². The molecule has 2 N–H and O–H groups in total. The lowest BCUT2D eigenvalue weighted by atomic mass is 9.91. The highest BCUT2D eigenvalue weighted by atomic mass is 15.1. The number of benzene rings is 1. The fraction of sp³-hybridized carbons (Fsp3) is 0.375. The van der Waals surface area contributed by atoms with E-state index in [1.807, 2.05) is 19.9 Å². The number of aromatic nitrogens is 2. The number of aryl methyl sites for hydroxylation is 5. The summed E-state index contributed by atoms with van der Waals surface area (Å²) in [4.78, 5) is 0. The lowest BCUT2D eigenvalue weighted by Gasteiger charge is -2.18. The van der Waals surface area contributed by atoms with Gasteiger partial charge in [-0.05, 0) is 68.5 Å². The third-order valence-electron chi connectivity index (χ3n) is 3.69. The monoisotopic (exact) mass is 255 g/mol. The highest BCUT2D eigenvalue weighted by Crippen LogP contribution is 2.26. The van der Waals surface area contributed by atoms with Gasteiger partial charge in [-0.2, -0.15) is 10.2 Å². The zero-order valence-electron chi connectivity index (χ0n) is 12.3. The van der Waals surface area contributed by atoms with Crippen molar-refractivity contribution in [3.05, 3.63) is 57.4 Å². The average molecular weight is 255 g/mol. The molecule has 0 radical (unpaired) electrons. The number of hydrogen-bond donors (Lipinski definition) is 1. The summed E-state index contributed by atoms with van der Waals surface area (Å²) in [6.07, 6.45) is 0. The van der Waals surface area contributed by atoms with Crippen molar-refractivity contribution < 1.29 is 0 Å². The Balaban J connectivity index is 2.52. The Morgan fingerprint density at radius 3 is 2.11 bits per heavy atom. The van der Waals surface area contributed by atoms with E-state index >= 15 is 0 Å². The van der Waals surface area contributed by atoms with Crippen LogP contribution in [-0.2, 0) is 0 Å². The van der Waals surface area contributed by atoms with E-state index in [9.17, 15) is 0 Å². The summed E-state index contributed by atoms with van der Waals surface area (Å²) >= 11 is 0. The quantitative estimate of drug-likeness (QED) is 0.897. The van der Waals surface area contributed by atoms with Crippen LogP contribution in [0.15, 0.2) is 18.2 Å². The van der Waals surface area contributed by atoms with Gasteiger partial charge in [0.1, 0.15) is 0 Å². The summed E-state index contributed by atoms with van der Waals surface area (Å²) in [6, 6.07) is 6.27. The largest absolute Gasteiger partial charge is 0.320 e. The van der Waals surface area contributed by atoms with Crippen molar-refractivity contribution in [1.82, 2.24) is 10.2 Å².